The first-order valence-corrected chi connectivity index (χ1v) is 10.4. The Bertz CT molecular complexity index is 899. The van der Waals surface area contributed by atoms with Crippen molar-refractivity contribution in [3.63, 3.8) is 0 Å². The predicted molar refractivity (Wildman–Crippen MR) is 119 cm³/mol. The standard InChI is InChI=1S/C23H33N5O2/c1-16-9-7-10-18(22(16)30-6)14-27(5)15-19-13-21(26(3)4)25-23(24-19)20-11-8-12-28(20)17(2)29/h7,9-10,13,20H,8,11-12,14-15H2,1-6H3/t20-/m1/s1. The van der Waals surface area contributed by atoms with E-state index in [2.05, 4.69) is 37.1 Å². The largest absolute Gasteiger partial charge is 0.496 e. The Kier molecular flexibility index (Phi) is 6.92. The van der Waals surface area contributed by atoms with Gasteiger partial charge in [-0.25, -0.2) is 9.97 Å². The Hall–Kier alpha value is -2.67. The Morgan fingerprint density at radius 3 is 2.67 bits per heavy atom. The molecule has 1 saturated heterocycles. The quantitative estimate of drug-likeness (QED) is 0.697. The van der Waals surface area contributed by atoms with E-state index in [-0.39, 0.29) is 11.9 Å². The van der Waals surface area contributed by atoms with E-state index in [4.69, 9.17) is 14.7 Å². The molecule has 0 radical (unpaired) electrons. The highest BCUT2D eigenvalue weighted by atomic mass is 16.5. The molecule has 1 aliphatic rings. The van der Waals surface area contributed by atoms with Crippen molar-refractivity contribution in [2.75, 3.05) is 39.7 Å². The molecule has 2 heterocycles. The van der Waals surface area contributed by atoms with E-state index < -0.39 is 0 Å². The van der Waals surface area contributed by atoms with Gasteiger partial charge in [0.2, 0.25) is 5.91 Å². The zero-order chi connectivity index (χ0) is 21.8. The number of hydrogen-bond donors (Lipinski definition) is 0. The minimum absolute atomic E-state index is 0.0386. The van der Waals surface area contributed by atoms with E-state index in [1.54, 1.807) is 14.0 Å². The molecule has 0 bridgehead atoms. The number of para-hydroxylation sites is 1. The minimum Gasteiger partial charge on any atom is -0.496 e. The molecule has 2 aromatic rings. The number of benzene rings is 1. The summed E-state index contributed by atoms with van der Waals surface area (Å²) in [5.41, 5.74) is 3.24. The number of carbonyl (C=O) groups excluding carboxylic acids is 1. The van der Waals surface area contributed by atoms with E-state index in [1.807, 2.05) is 30.0 Å². The molecule has 1 atom stereocenters. The molecule has 30 heavy (non-hydrogen) atoms. The topological polar surface area (TPSA) is 61.8 Å². The minimum atomic E-state index is -0.0386. The van der Waals surface area contributed by atoms with Crippen molar-refractivity contribution in [2.45, 2.75) is 45.8 Å². The first-order valence-electron chi connectivity index (χ1n) is 10.4. The van der Waals surface area contributed by atoms with Crippen molar-refractivity contribution >= 4 is 11.7 Å². The molecule has 7 heteroatoms. The molecule has 0 N–H and O–H groups in total. The number of nitrogens with zero attached hydrogens (tertiary/aromatic N) is 5. The van der Waals surface area contributed by atoms with E-state index in [9.17, 15) is 4.79 Å². The second kappa shape index (κ2) is 9.43. The van der Waals surface area contributed by atoms with Crippen LogP contribution in [0.3, 0.4) is 0 Å². The molecule has 3 rings (SSSR count). The van der Waals surface area contributed by atoms with Crippen LogP contribution in [-0.2, 0) is 17.9 Å². The Labute approximate surface area is 179 Å². The van der Waals surface area contributed by atoms with Gasteiger partial charge in [0.1, 0.15) is 11.6 Å². The number of likely N-dealkylation sites (tertiary alicyclic amines) is 1. The molecule has 1 fully saturated rings. The van der Waals surface area contributed by atoms with Gasteiger partial charge < -0.3 is 14.5 Å². The Balaban J connectivity index is 1.84. The zero-order valence-electron chi connectivity index (χ0n) is 19.0. The summed E-state index contributed by atoms with van der Waals surface area (Å²) in [6, 6.07) is 8.21. The van der Waals surface area contributed by atoms with Gasteiger partial charge >= 0.3 is 0 Å². The van der Waals surface area contributed by atoms with E-state index >= 15 is 0 Å². The number of amides is 1. The summed E-state index contributed by atoms with van der Waals surface area (Å²) in [6.07, 6.45) is 1.90. The van der Waals surface area contributed by atoms with Gasteiger partial charge in [-0.15, -0.1) is 0 Å². The van der Waals surface area contributed by atoms with Gasteiger partial charge in [-0.05, 0) is 32.4 Å². The monoisotopic (exact) mass is 411 g/mol. The molecule has 1 aromatic heterocycles. The van der Waals surface area contributed by atoms with Gasteiger partial charge in [-0.3, -0.25) is 9.69 Å². The van der Waals surface area contributed by atoms with Gasteiger partial charge in [-0.1, -0.05) is 18.2 Å². The van der Waals surface area contributed by atoms with E-state index in [1.165, 1.54) is 0 Å². The van der Waals surface area contributed by atoms with Gasteiger partial charge in [0.25, 0.3) is 0 Å². The normalized spacial score (nSPS) is 16.2. The van der Waals surface area contributed by atoms with Crippen LogP contribution in [0.4, 0.5) is 5.82 Å². The number of aryl methyl sites for hydroxylation is 1. The molecule has 0 saturated carbocycles. The zero-order valence-corrected chi connectivity index (χ0v) is 19.0. The fourth-order valence-corrected chi connectivity index (χ4v) is 4.13. The SMILES string of the molecule is COc1c(C)cccc1CN(C)Cc1cc(N(C)C)nc([C@H]2CCCN2C(C)=O)n1. The highest BCUT2D eigenvalue weighted by Crippen LogP contribution is 2.31. The molecule has 1 aliphatic heterocycles. The third-order valence-electron chi connectivity index (χ3n) is 5.57. The number of methoxy groups -OCH3 is 1. The lowest BCUT2D eigenvalue weighted by atomic mass is 10.1. The summed E-state index contributed by atoms with van der Waals surface area (Å²) < 4.78 is 5.60. The maximum Gasteiger partial charge on any atom is 0.220 e. The number of anilines is 1. The average Bonchev–Trinajstić information content (AvgIpc) is 3.18. The number of aromatic nitrogens is 2. The Morgan fingerprint density at radius 1 is 1.23 bits per heavy atom. The summed E-state index contributed by atoms with van der Waals surface area (Å²) >= 11 is 0. The smallest absolute Gasteiger partial charge is 0.220 e. The van der Waals surface area contributed by atoms with Crippen molar-refractivity contribution in [1.82, 2.24) is 19.8 Å². The first-order chi connectivity index (χ1) is 14.3. The van der Waals surface area contributed by atoms with Crippen LogP contribution in [-0.4, -0.2) is 60.5 Å². The van der Waals surface area contributed by atoms with Crippen LogP contribution in [0.15, 0.2) is 24.3 Å². The van der Waals surface area contributed by atoms with Crippen molar-refractivity contribution < 1.29 is 9.53 Å². The highest BCUT2D eigenvalue weighted by Gasteiger charge is 2.30. The molecule has 0 spiro atoms. The predicted octanol–water partition coefficient (Wildman–Crippen LogP) is 3.18. The van der Waals surface area contributed by atoms with Gasteiger partial charge in [-0.2, -0.15) is 0 Å². The molecule has 7 nitrogen and oxygen atoms in total. The Morgan fingerprint density at radius 2 is 2.00 bits per heavy atom. The molecule has 162 valence electrons. The summed E-state index contributed by atoms with van der Waals surface area (Å²) in [6.45, 7) is 5.89. The van der Waals surface area contributed by atoms with Crippen molar-refractivity contribution in [1.29, 1.82) is 0 Å². The number of carbonyl (C=O) groups is 1. The average molecular weight is 412 g/mol. The van der Waals surface area contributed by atoms with Crippen LogP contribution < -0.4 is 9.64 Å². The van der Waals surface area contributed by atoms with Gasteiger partial charge in [0.15, 0.2) is 5.82 Å². The molecule has 1 amide bonds. The lowest BCUT2D eigenvalue weighted by Gasteiger charge is -2.25. The summed E-state index contributed by atoms with van der Waals surface area (Å²) in [7, 11) is 7.76. The highest BCUT2D eigenvalue weighted by molar-refractivity contribution is 5.74. The molecule has 0 aliphatic carbocycles. The number of ether oxygens (including phenoxy) is 1. The lowest BCUT2D eigenvalue weighted by molar-refractivity contribution is -0.129. The summed E-state index contributed by atoms with van der Waals surface area (Å²) in [5.74, 6) is 2.63. The van der Waals surface area contributed by atoms with Crippen LogP contribution in [0.1, 0.15) is 48.5 Å². The fraction of sp³-hybridized carbons (Fsp3) is 0.522. The number of rotatable bonds is 7. The van der Waals surface area contributed by atoms with Crippen LogP contribution in [0.25, 0.3) is 0 Å². The number of hydrogen-bond acceptors (Lipinski definition) is 6. The second-order valence-electron chi connectivity index (χ2n) is 8.28. The summed E-state index contributed by atoms with van der Waals surface area (Å²) in [4.78, 5) is 27.8. The summed E-state index contributed by atoms with van der Waals surface area (Å²) in [5, 5.41) is 0. The first kappa shape index (κ1) is 22.0. The second-order valence-corrected chi connectivity index (χ2v) is 8.28. The molecule has 0 unspecified atom stereocenters. The lowest BCUT2D eigenvalue weighted by Crippen LogP contribution is -2.30. The van der Waals surface area contributed by atoms with Crippen molar-refractivity contribution in [3.05, 3.63) is 46.9 Å². The molecular weight excluding hydrogens is 378 g/mol. The van der Waals surface area contributed by atoms with Crippen molar-refractivity contribution in [2.24, 2.45) is 0 Å². The molecule has 1 aromatic carbocycles. The fourth-order valence-electron chi connectivity index (χ4n) is 4.13. The van der Waals surface area contributed by atoms with Crippen LogP contribution in [0.2, 0.25) is 0 Å². The van der Waals surface area contributed by atoms with Gasteiger partial charge in [0.05, 0.1) is 18.8 Å². The third-order valence-corrected chi connectivity index (χ3v) is 5.57. The maximum atomic E-state index is 12.0. The molecular formula is C23H33N5O2. The third kappa shape index (κ3) is 4.90. The van der Waals surface area contributed by atoms with Crippen LogP contribution >= 0.6 is 0 Å². The van der Waals surface area contributed by atoms with Crippen LogP contribution in [0, 0.1) is 6.92 Å². The van der Waals surface area contributed by atoms with E-state index in [0.29, 0.717) is 6.54 Å². The van der Waals surface area contributed by atoms with Gasteiger partial charge in [0, 0.05) is 52.3 Å². The van der Waals surface area contributed by atoms with E-state index in [0.717, 1.165) is 60.1 Å². The van der Waals surface area contributed by atoms with Crippen molar-refractivity contribution in [3.8, 4) is 5.75 Å². The van der Waals surface area contributed by atoms with Crippen LogP contribution in [0.5, 0.6) is 5.75 Å². The maximum absolute atomic E-state index is 12.0.